The molecule has 0 spiro atoms. The van der Waals surface area contributed by atoms with E-state index in [1.807, 2.05) is 18.7 Å². The van der Waals surface area contributed by atoms with E-state index in [0.717, 1.165) is 17.6 Å². The first kappa shape index (κ1) is 24.0. The molecule has 0 aliphatic carbocycles. The Bertz CT molecular complexity index is 687. The zero-order chi connectivity index (χ0) is 18.9. The predicted octanol–water partition coefficient (Wildman–Crippen LogP) is 5.13. The highest BCUT2D eigenvalue weighted by atomic mass is 32.2. The lowest BCUT2D eigenvalue weighted by molar-refractivity contribution is 0.318. The summed E-state index contributed by atoms with van der Waals surface area (Å²) in [7, 11) is -3.48. The summed E-state index contributed by atoms with van der Waals surface area (Å²) in [4.78, 5) is 1.84. The van der Waals surface area contributed by atoms with Gasteiger partial charge in [-0.3, -0.25) is 4.18 Å². The Balaban J connectivity index is 0.00000201. The van der Waals surface area contributed by atoms with Crippen LogP contribution in [-0.2, 0) is 14.3 Å². The molecule has 0 aliphatic rings. The molecule has 0 atom stereocenters. The molecular weight excluding hydrogens is 360 g/mol. The fraction of sp³-hybridized carbons (Fsp3) is 0.368. The molecule has 0 heterocycles. The Hall–Kier alpha value is -1.99. The van der Waals surface area contributed by atoms with Crippen LogP contribution in [0.25, 0.3) is 0 Å². The van der Waals surface area contributed by atoms with Crippen LogP contribution in [0.2, 0.25) is 0 Å². The van der Waals surface area contributed by atoms with Crippen molar-refractivity contribution >= 4 is 21.5 Å². The van der Waals surface area contributed by atoms with Gasteiger partial charge in [0.05, 0.1) is 12.9 Å². The molecule has 0 bridgehead atoms. The maximum atomic E-state index is 13.1. The van der Waals surface area contributed by atoms with Gasteiger partial charge in [-0.05, 0) is 55.0 Å². The van der Waals surface area contributed by atoms with Crippen molar-refractivity contribution in [2.75, 3.05) is 24.3 Å². The van der Waals surface area contributed by atoms with Crippen LogP contribution >= 0.6 is 0 Å². The topological polar surface area (TPSA) is 46.6 Å². The lowest BCUT2D eigenvalue weighted by Gasteiger charge is -2.25. The summed E-state index contributed by atoms with van der Waals surface area (Å²) in [6.07, 6.45) is 1.42. The minimum absolute atomic E-state index is 0. The molecule has 0 aliphatic heterocycles. The number of hydrogen-bond acceptors (Lipinski definition) is 4. The number of nitrogens with zero attached hydrogens (tertiary/aromatic N) is 1. The molecule has 0 saturated heterocycles. The third-order valence-electron chi connectivity index (χ3n) is 3.10. The molecule has 0 saturated carbocycles. The summed E-state index contributed by atoms with van der Waals surface area (Å²) in [6, 6.07) is 11.8. The van der Waals surface area contributed by atoms with Crippen LogP contribution in [0, 0.1) is 11.6 Å². The quantitative estimate of drug-likeness (QED) is 0.488. The summed E-state index contributed by atoms with van der Waals surface area (Å²) in [6.45, 7) is 4.48. The molecule has 4 nitrogen and oxygen atoms in total. The molecule has 2 rings (SSSR count). The zero-order valence-corrected chi connectivity index (χ0v) is 15.4. The number of rotatable bonds is 7. The van der Waals surface area contributed by atoms with E-state index in [4.69, 9.17) is 4.18 Å². The summed E-state index contributed by atoms with van der Waals surface area (Å²) >= 11 is 0. The van der Waals surface area contributed by atoms with Crippen molar-refractivity contribution in [2.45, 2.75) is 27.7 Å². The summed E-state index contributed by atoms with van der Waals surface area (Å²) in [5.74, 6) is -0.707. The monoisotopic (exact) mass is 387 g/mol. The molecular formula is C19H27F2NO3S. The van der Waals surface area contributed by atoms with Gasteiger partial charge in [-0.25, -0.2) is 8.78 Å². The van der Waals surface area contributed by atoms with Crippen molar-refractivity contribution in [2.24, 2.45) is 0 Å². The predicted molar refractivity (Wildman–Crippen MR) is 103 cm³/mol. The van der Waals surface area contributed by atoms with Crippen molar-refractivity contribution in [1.29, 1.82) is 0 Å². The third kappa shape index (κ3) is 8.40. The molecule has 146 valence electrons. The van der Waals surface area contributed by atoms with Crippen molar-refractivity contribution in [3.63, 3.8) is 0 Å². The van der Waals surface area contributed by atoms with Crippen molar-refractivity contribution in [3.8, 4) is 0 Å². The van der Waals surface area contributed by atoms with Crippen LogP contribution in [-0.4, -0.2) is 27.8 Å². The lowest BCUT2D eigenvalue weighted by atomic mass is 10.2. The van der Waals surface area contributed by atoms with Crippen LogP contribution in [0.4, 0.5) is 20.2 Å². The Kier molecular flexibility index (Phi) is 10.7. The van der Waals surface area contributed by atoms with E-state index < -0.39 is 10.1 Å². The maximum Gasteiger partial charge on any atom is 0.264 e. The van der Waals surface area contributed by atoms with Gasteiger partial charge in [0, 0.05) is 17.9 Å². The first-order chi connectivity index (χ1) is 11.8. The molecule has 26 heavy (non-hydrogen) atoms. The van der Waals surface area contributed by atoms with E-state index in [-0.39, 0.29) is 25.7 Å². The van der Waals surface area contributed by atoms with Gasteiger partial charge in [0.1, 0.15) is 11.6 Å². The number of benzene rings is 2. The Morgan fingerprint density at radius 2 is 1.27 bits per heavy atom. The van der Waals surface area contributed by atoms with Gasteiger partial charge in [0.15, 0.2) is 0 Å². The Labute approximate surface area is 155 Å². The van der Waals surface area contributed by atoms with Crippen LogP contribution < -0.4 is 4.90 Å². The third-order valence-corrected chi connectivity index (χ3v) is 3.69. The van der Waals surface area contributed by atoms with Gasteiger partial charge in [-0.2, -0.15) is 8.42 Å². The van der Waals surface area contributed by atoms with E-state index in [9.17, 15) is 17.2 Å². The molecule has 2 aromatic rings. The van der Waals surface area contributed by atoms with Gasteiger partial charge in [-0.15, -0.1) is 0 Å². The fourth-order valence-corrected chi connectivity index (χ4v) is 2.50. The van der Waals surface area contributed by atoms with E-state index in [1.165, 1.54) is 24.3 Å². The van der Waals surface area contributed by atoms with Gasteiger partial charge >= 0.3 is 0 Å². The largest absolute Gasteiger partial charge is 0.341 e. The SMILES string of the molecule is C.CC.CS(=O)(=O)OCCCN(c1ccc(F)cc1)c1ccc(F)cc1. The minimum atomic E-state index is -3.48. The highest BCUT2D eigenvalue weighted by Gasteiger charge is 2.10. The van der Waals surface area contributed by atoms with Crippen LogP contribution in [0.1, 0.15) is 27.7 Å². The van der Waals surface area contributed by atoms with Crippen LogP contribution in [0.3, 0.4) is 0 Å². The van der Waals surface area contributed by atoms with Crippen LogP contribution in [0.15, 0.2) is 48.5 Å². The molecule has 2 aromatic carbocycles. The normalized spacial score (nSPS) is 10.3. The Morgan fingerprint density at radius 3 is 1.62 bits per heavy atom. The lowest BCUT2D eigenvalue weighted by Crippen LogP contribution is -2.20. The zero-order valence-electron chi connectivity index (χ0n) is 14.6. The standard InChI is InChI=1S/C16H17F2NO3S.C2H6.CH4/c1-23(20,21)22-12-2-11-19(15-7-3-13(17)4-8-15)16-9-5-14(18)6-10-16;1-2;/h3-10H,2,11-12H2,1H3;1-2H3;1H4. The van der Waals surface area contributed by atoms with E-state index in [2.05, 4.69) is 0 Å². The Morgan fingerprint density at radius 1 is 0.885 bits per heavy atom. The highest BCUT2D eigenvalue weighted by Crippen LogP contribution is 2.26. The minimum Gasteiger partial charge on any atom is -0.341 e. The molecule has 0 unspecified atom stereocenters. The van der Waals surface area contributed by atoms with Gasteiger partial charge < -0.3 is 4.90 Å². The smallest absolute Gasteiger partial charge is 0.264 e. The second-order valence-corrected chi connectivity index (χ2v) is 6.63. The second kappa shape index (κ2) is 11.6. The first-order valence-corrected chi connectivity index (χ1v) is 9.80. The van der Waals surface area contributed by atoms with Crippen molar-refractivity contribution < 1.29 is 21.4 Å². The molecule has 0 N–H and O–H groups in total. The number of hydrogen-bond donors (Lipinski definition) is 0. The van der Waals surface area contributed by atoms with E-state index in [1.54, 1.807) is 24.3 Å². The van der Waals surface area contributed by atoms with E-state index >= 15 is 0 Å². The molecule has 0 fully saturated rings. The first-order valence-electron chi connectivity index (χ1n) is 7.98. The number of anilines is 2. The fourth-order valence-electron chi connectivity index (χ4n) is 2.08. The molecule has 7 heteroatoms. The van der Waals surface area contributed by atoms with Crippen LogP contribution in [0.5, 0.6) is 0 Å². The summed E-state index contributed by atoms with van der Waals surface area (Å²) in [5.41, 5.74) is 1.44. The highest BCUT2D eigenvalue weighted by molar-refractivity contribution is 7.85. The van der Waals surface area contributed by atoms with Gasteiger partial charge in [0.2, 0.25) is 0 Å². The molecule has 0 amide bonds. The van der Waals surface area contributed by atoms with Gasteiger partial charge in [0.25, 0.3) is 10.1 Å². The van der Waals surface area contributed by atoms with Crippen molar-refractivity contribution in [1.82, 2.24) is 0 Å². The summed E-state index contributed by atoms with van der Waals surface area (Å²) < 4.78 is 52.8. The second-order valence-electron chi connectivity index (χ2n) is 4.98. The average molecular weight is 387 g/mol. The van der Waals surface area contributed by atoms with Gasteiger partial charge in [-0.1, -0.05) is 21.3 Å². The summed E-state index contributed by atoms with van der Waals surface area (Å²) in [5, 5.41) is 0. The maximum absolute atomic E-state index is 13.1. The molecule has 0 radical (unpaired) electrons. The molecule has 0 aromatic heterocycles. The number of halogens is 2. The van der Waals surface area contributed by atoms with E-state index in [0.29, 0.717) is 13.0 Å². The van der Waals surface area contributed by atoms with Crippen molar-refractivity contribution in [3.05, 3.63) is 60.2 Å². The average Bonchev–Trinajstić information content (AvgIpc) is 2.58.